The molecule has 0 radical (unpaired) electrons. The van der Waals surface area contributed by atoms with Gasteiger partial charge in [0.05, 0.1) is 12.7 Å². The van der Waals surface area contributed by atoms with Crippen molar-refractivity contribution in [1.29, 1.82) is 0 Å². The lowest BCUT2D eigenvalue weighted by molar-refractivity contribution is -0.132. The Kier molecular flexibility index (Phi) is 4.92. The van der Waals surface area contributed by atoms with Crippen molar-refractivity contribution in [3.8, 4) is 5.75 Å². The van der Waals surface area contributed by atoms with Gasteiger partial charge in [-0.25, -0.2) is 4.79 Å². The molecule has 3 rings (SSSR count). The predicted octanol–water partition coefficient (Wildman–Crippen LogP) is 1.48. The SMILES string of the molecule is COc1cc(C(=O)O)cc(C(=O)N2CCCN(C(=O)C3CC3)CC2)c1. The first kappa shape index (κ1) is 17.3. The van der Waals surface area contributed by atoms with Gasteiger partial charge in [0.25, 0.3) is 5.91 Å². The first-order valence-electron chi connectivity index (χ1n) is 8.50. The zero-order chi connectivity index (χ0) is 18.0. The maximum atomic E-state index is 12.8. The molecule has 2 fully saturated rings. The number of ether oxygens (including phenoxy) is 1. The average molecular weight is 346 g/mol. The Morgan fingerprint density at radius 3 is 2.28 bits per heavy atom. The van der Waals surface area contributed by atoms with Crippen molar-refractivity contribution in [3.63, 3.8) is 0 Å². The van der Waals surface area contributed by atoms with Crippen LogP contribution in [0.3, 0.4) is 0 Å². The van der Waals surface area contributed by atoms with Gasteiger partial charge in [-0.15, -0.1) is 0 Å². The summed E-state index contributed by atoms with van der Waals surface area (Å²) < 4.78 is 5.10. The summed E-state index contributed by atoms with van der Waals surface area (Å²) in [4.78, 5) is 39.8. The van der Waals surface area contributed by atoms with E-state index in [0.717, 1.165) is 19.3 Å². The van der Waals surface area contributed by atoms with Gasteiger partial charge in [0, 0.05) is 37.7 Å². The Morgan fingerprint density at radius 1 is 1.00 bits per heavy atom. The molecule has 25 heavy (non-hydrogen) atoms. The molecule has 1 saturated carbocycles. The molecule has 0 unspecified atom stereocenters. The topological polar surface area (TPSA) is 87.2 Å². The minimum Gasteiger partial charge on any atom is -0.497 e. The van der Waals surface area contributed by atoms with Crippen LogP contribution in [-0.2, 0) is 4.79 Å². The van der Waals surface area contributed by atoms with Crippen LogP contribution in [0.25, 0.3) is 0 Å². The highest BCUT2D eigenvalue weighted by Gasteiger charge is 2.34. The number of rotatable bonds is 4. The molecule has 1 aromatic carbocycles. The third-order valence-corrected chi connectivity index (χ3v) is 4.66. The van der Waals surface area contributed by atoms with E-state index in [4.69, 9.17) is 4.74 Å². The molecule has 0 atom stereocenters. The van der Waals surface area contributed by atoms with Crippen molar-refractivity contribution in [2.75, 3.05) is 33.3 Å². The van der Waals surface area contributed by atoms with Crippen LogP contribution in [-0.4, -0.2) is 66.0 Å². The summed E-state index contributed by atoms with van der Waals surface area (Å²) in [7, 11) is 1.43. The van der Waals surface area contributed by atoms with E-state index in [9.17, 15) is 19.5 Å². The number of aromatic carboxylic acids is 1. The van der Waals surface area contributed by atoms with Crippen LogP contribution < -0.4 is 4.74 Å². The second-order valence-electron chi connectivity index (χ2n) is 6.50. The minimum atomic E-state index is -1.11. The number of hydrogen-bond acceptors (Lipinski definition) is 4. The van der Waals surface area contributed by atoms with Crippen LogP contribution in [0.2, 0.25) is 0 Å². The second-order valence-corrected chi connectivity index (χ2v) is 6.50. The highest BCUT2D eigenvalue weighted by molar-refractivity contribution is 5.98. The fourth-order valence-corrected chi connectivity index (χ4v) is 3.08. The number of nitrogens with zero attached hydrogens (tertiary/aromatic N) is 2. The van der Waals surface area contributed by atoms with Gasteiger partial charge in [-0.2, -0.15) is 0 Å². The molecule has 1 saturated heterocycles. The predicted molar refractivity (Wildman–Crippen MR) is 89.8 cm³/mol. The summed E-state index contributed by atoms with van der Waals surface area (Å²) in [6.45, 7) is 2.19. The molecule has 1 aliphatic heterocycles. The van der Waals surface area contributed by atoms with Crippen molar-refractivity contribution >= 4 is 17.8 Å². The lowest BCUT2D eigenvalue weighted by Gasteiger charge is -2.22. The van der Waals surface area contributed by atoms with E-state index in [1.54, 1.807) is 11.0 Å². The molecule has 0 spiro atoms. The molecule has 7 heteroatoms. The third kappa shape index (κ3) is 3.92. The number of carboxylic acid groups (broad SMARTS) is 1. The fraction of sp³-hybridized carbons (Fsp3) is 0.500. The molecule has 134 valence electrons. The molecule has 1 aromatic rings. The molecule has 1 aliphatic carbocycles. The largest absolute Gasteiger partial charge is 0.497 e. The van der Waals surface area contributed by atoms with E-state index in [0.29, 0.717) is 37.5 Å². The summed E-state index contributed by atoms with van der Waals surface area (Å²) in [5, 5.41) is 9.20. The van der Waals surface area contributed by atoms with E-state index >= 15 is 0 Å². The van der Waals surface area contributed by atoms with Crippen LogP contribution in [0.4, 0.5) is 0 Å². The van der Waals surface area contributed by atoms with Gasteiger partial charge in [-0.1, -0.05) is 0 Å². The number of amides is 2. The van der Waals surface area contributed by atoms with Gasteiger partial charge >= 0.3 is 5.97 Å². The molecule has 2 amide bonds. The van der Waals surface area contributed by atoms with E-state index in [2.05, 4.69) is 0 Å². The van der Waals surface area contributed by atoms with Gasteiger partial charge in [-0.05, 0) is 37.5 Å². The maximum absolute atomic E-state index is 12.8. The highest BCUT2D eigenvalue weighted by atomic mass is 16.5. The Bertz CT molecular complexity index is 699. The van der Waals surface area contributed by atoms with E-state index in [-0.39, 0.29) is 23.3 Å². The monoisotopic (exact) mass is 346 g/mol. The van der Waals surface area contributed by atoms with Crippen LogP contribution >= 0.6 is 0 Å². The molecular weight excluding hydrogens is 324 g/mol. The molecule has 0 aromatic heterocycles. The van der Waals surface area contributed by atoms with Crippen molar-refractivity contribution in [1.82, 2.24) is 9.80 Å². The average Bonchev–Trinajstić information content (AvgIpc) is 3.46. The highest BCUT2D eigenvalue weighted by Crippen LogP contribution is 2.31. The first-order valence-corrected chi connectivity index (χ1v) is 8.50. The summed E-state index contributed by atoms with van der Waals surface area (Å²) in [5.74, 6) is -0.627. The van der Waals surface area contributed by atoms with E-state index in [1.165, 1.54) is 19.2 Å². The van der Waals surface area contributed by atoms with Gasteiger partial charge in [0.2, 0.25) is 5.91 Å². The Labute approximate surface area is 146 Å². The van der Waals surface area contributed by atoms with Crippen molar-refractivity contribution in [2.24, 2.45) is 5.92 Å². The summed E-state index contributed by atoms with van der Waals surface area (Å²) >= 11 is 0. The third-order valence-electron chi connectivity index (χ3n) is 4.66. The molecular formula is C18H22N2O5. The lowest BCUT2D eigenvalue weighted by atomic mass is 10.1. The van der Waals surface area contributed by atoms with Crippen LogP contribution in [0.5, 0.6) is 5.75 Å². The van der Waals surface area contributed by atoms with Gasteiger partial charge in [0.15, 0.2) is 0 Å². The first-order chi connectivity index (χ1) is 12.0. The van der Waals surface area contributed by atoms with Gasteiger partial charge < -0.3 is 19.6 Å². The van der Waals surface area contributed by atoms with E-state index < -0.39 is 5.97 Å². The Balaban J connectivity index is 1.73. The van der Waals surface area contributed by atoms with Gasteiger partial charge in [-0.3, -0.25) is 9.59 Å². The molecule has 2 aliphatic rings. The van der Waals surface area contributed by atoms with Crippen LogP contribution in [0, 0.1) is 5.92 Å². The number of carbonyl (C=O) groups excluding carboxylic acids is 2. The normalized spacial score (nSPS) is 17.8. The summed E-state index contributed by atoms with van der Waals surface area (Å²) in [6, 6.07) is 4.30. The molecule has 7 nitrogen and oxygen atoms in total. The summed E-state index contributed by atoms with van der Waals surface area (Å²) in [5.41, 5.74) is 0.307. The van der Waals surface area contributed by atoms with Crippen LogP contribution in [0.1, 0.15) is 40.0 Å². The number of carboxylic acids is 1. The molecule has 1 N–H and O–H groups in total. The van der Waals surface area contributed by atoms with Crippen LogP contribution in [0.15, 0.2) is 18.2 Å². The van der Waals surface area contributed by atoms with Crippen molar-refractivity contribution in [3.05, 3.63) is 29.3 Å². The number of benzene rings is 1. The van der Waals surface area contributed by atoms with Gasteiger partial charge in [0.1, 0.15) is 5.75 Å². The minimum absolute atomic E-state index is 0.0167. The molecule has 0 bridgehead atoms. The quantitative estimate of drug-likeness (QED) is 0.892. The fourth-order valence-electron chi connectivity index (χ4n) is 3.08. The second kappa shape index (κ2) is 7.13. The Morgan fingerprint density at radius 2 is 1.64 bits per heavy atom. The Hall–Kier alpha value is -2.57. The van der Waals surface area contributed by atoms with Crippen molar-refractivity contribution < 1.29 is 24.2 Å². The smallest absolute Gasteiger partial charge is 0.335 e. The zero-order valence-electron chi connectivity index (χ0n) is 14.2. The lowest BCUT2D eigenvalue weighted by Crippen LogP contribution is -2.38. The number of hydrogen-bond donors (Lipinski definition) is 1. The standard InChI is InChI=1S/C18H22N2O5/c1-25-15-10-13(9-14(11-15)18(23)24)17(22)20-6-2-5-19(7-8-20)16(21)12-3-4-12/h9-12H,2-8H2,1H3,(H,23,24). The maximum Gasteiger partial charge on any atom is 0.335 e. The summed E-state index contributed by atoms with van der Waals surface area (Å²) in [6.07, 6.45) is 2.67. The zero-order valence-corrected chi connectivity index (χ0v) is 14.2. The van der Waals surface area contributed by atoms with E-state index in [1.807, 2.05) is 4.90 Å². The molecule has 1 heterocycles. The van der Waals surface area contributed by atoms with Crippen molar-refractivity contribution in [2.45, 2.75) is 19.3 Å². The number of methoxy groups -OCH3 is 1. The number of carbonyl (C=O) groups is 3.